The van der Waals surface area contributed by atoms with Gasteiger partial charge in [0.25, 0.3) is 10.0 Å². The van der Waals surface area contributed by atoms with E-state index in [-0.39, 0.29) is 0 Å². The van der Waals surface area contributed by atoms with E-state index in [2.05, 4.69) is 20.7 Å². The van der Waals surface area contributed by atoms with Crippen LogP contribution in [0.1, 0.15) is 10.6 Å². The third kappa shape index (κ3) is 2.96. The Bertz CT molecular complexity index is 722. The molecule has 0 unspecified atom stereocenters. The average molecular weight is 346 g/mol. The first kappa shape index (κ1) is 13.6. The molecule has 0 aliphatic rings. The maximum Gasteiger partial charge on any atom is 0.371 e. The Labute approximate surface area is 117 Å². The third-order valence-electron chi connectivity index (χ3n) is 2.18. The molecule has 2 N–H and O–H groups in total. The molecule has 19 heavy (non-hydrogen) atoms. The van der Waals surface area contributed by atoms with E-state index >= 15 is 0 Å². The van der Waals surface area contributed by atoms with Gasteiger partial charge in [-0.3, -0.25) is 4.72 Å². The minimum atomic E-state index is -3.96. The molecule has 2 rings (SSSR count). The molecule has 0 aliphatic carbocycles. The van der Waals surface area contributed by atoms with Crippen LogP contribution in [0.15, 0.2) is 50.4 Å². The summed E-state index contributed by atoms with van der Waals surface area (Å²) in [5.41, 5.74) is 0.329. The number of sulfonamides is 1. The number of halogens is 1. The monoisotopic (exact) mass is 345 g/mol. The second-order valence-corrected chi connectivity index (χ2v) is 5.98. The van der Waals surface area contributed by atoms with Crippen molar-refractivity contribution < 1.29 is 22.7 Å². The highest BCUT2D eigenvalue weighted by molar-refractivity contribution is 9.10. The van der Waals surface area contributed by atoms with Gasteiger partial charge in [0.1, 0.15) is 0 Å². The molecule has 1 aromatic heterocycles. The molecular formula is C11H8BrNO5S. The largest absolute Gasteiger partial charge is 0.475 e. The minimum absolute atomic E-state index is 0.329. The summed E-state index contributed by atoms with van der Waals surface area (Å²) in [6.07, 6.45) is 0. The van der Waals surface area contributed by atoms with Gasteiger partial charge in [0.05, 0.1) is 5.69 Å². The van der Waals surface area contributed by atoms with Crippen LogP contribution in [-0.4, -0.2) is 19.5 Å². The zero-order chi connectivity index (χ0) is 14.0. The number of para-hydroxylation sites is 1. The number of aromatic carboxylic acids is 1. The van der Waals surface area contributed by atoms with Crippen molar-refractivity contribution in [3.05, 3.63) is 46.6 Å². The molecule has 2 aromatic rings. The van der Waals surface area contributed by atoms with Crippen molar-refractivity contribution in [2.45, 2.75) is 5.09 Å². The summed E-state index contributed by atoms with van der Waals surface area (Å²) >= 11 is 3.20. The molecule has 6 nitrogen and oxygen atoms in total. The topological polar surface area (TPSA) is 96.6 Å². The lowest BCUT2D eigenvalue weighted by Gasteiger charge is -2.07. The first-order chi connectivity index (χ1) is 8.90. The van der Waals surface area contributed by atoms with Gasteiger partial charge in [0.2, 0.25) is 10.9 Å². The van der Waals surface area contributed by atoms with Crippen LogP contribution in [0, 0.1) is 0 Å². The molecule has 0 spiro atoms. The molecule has 1 aromatic carbocycles. The lowest BCUT2D eigenvalue weighted by molar-refractivity contribution is 0.0656. The highest BCUT2D eigenvalue weighted by atomic mass is 79.9. The van der Waals surface area contributed by atoms with Crippen molar-refractivity contribution >= 4 is 37.6 Å². The van der Waals surface area contributed by atoms with Crippen LogP contribution < -0.4 is 4.72 Å². The lowest BCUT2D eigenvalue weighted by Crippen LogP contribution is -2.12. The van der Waals surface area contributed by atoms with E-state index in [9.17, 15) is 13.2 Å². The summed E-state index contributed by atoms with van der Waals surface area (Å²) in [5.74, 6) is -1.77. The molecule has 0 aliphatic heterocycles. The predicted molar refractivity (Wildman–Crippen MR) is 70.6 cm³/mol. The van der Waals surface area contributed by atoms with E-state index in [1.807, 2.05) is 0 Å². The summed E-state index contributed by atoms with van der Waals surface area (Å²) in [5, 5.41) is 8.22. The number of hydrogen-bond donors (Lipinski definition) is 2. The summed E-state index contributed by atoms with van der Waals surface area (Å²) < 4.78 is 31.6. The highest BCUT2D eigenvalue weighted by Gasteiger charge is 2.21. The average Bonchev–Trinajstić information content (AvgIpc) is 2.82. The summed E-state index contributed by atoms with van der Waals surface area (Å²) in [4.78, 5) is 10.6. The number of nitrogens with one attached hydrogen (secondary N) is 1. The van der Waals surface area contributed by atoms with Crippen LogP contribution in [0.5, 0.6) is 0 Å². The molecule has 0 radical (unpaired) electrons. The standard InChI is InChI=1S/C11H8BrNO5S/c12-7-3-1-2-4-8(7)13-19(16,17)10-6-5-9(18-10)11(14)15/h1-6,13H,(H,14,15). The predicted octanol–water partition coefficient (Wildman–Crippen LogP) is 2.54. The molecule has 0 saturated heterocycles. The number of anilines is 1. The molecule has 0 bridgehead atoms. The highest BCUT2D eigenvalue weighted by Crippen LogP contribution is 2.25. The Balaban J connectivity index is 2.32. The Hall–Kier alpha value is -1.80. The van der Waals surface area contributed by atoms with Crippen LogP contribution in [0.4, 0.5) is 5.69 Å². The van der Waals surface area contributed by atoms with Gasteiger partial charge < -0.3 is 9.52 Å². The Morgan fingerprint density at radius 2 is 1.89 bits per heavy atom. The van der Waals surface area contributed by atoms with Crippen molar-refractivity contribution in [1.82, 2.24) is 0 Å². The first-order valence-corrected chi connectivity index (χ1v) is 7.28. The van der Waals surface area contributed by atoms with Gasteiger partial charge in [-0.05, 0) is 40.2 Å². The third-order valence-corrected chi connectivity index (χ3v) is 4.10. The second-order valence-electron chi connectivity index (χ2n) is 3.51. The van der Waals surface area contributed by atoms with E-state index in [4.69, 9.17) is 9.52 Å². The molecule has 0 atom stereocenters. The van der Waals surface area contributed by atoms with Crippen molar-refractivity contribution in [3.8, 4) is 0 Å². The summed E-state index contributed by atoms with van der Waals surface area (Å²) in [7, 11) is -3.96. The van der Waals surface area contributed by atoms with E-state index in [0.717, 1.165) is 12.1 Å². The van der Waals surface area contributed by atoms with Gasteiger partial charge in [-0.2, -0.15) is 8.42 Å². The number of benzene rings is 1. The quantitative estimate of drug-likeness (QED) is 0.887. The molecule has 0 amide bonds. The number of furan rings is 1. The van der Waals surface area contributed by atoms with Gasteiger partial charge in [-0.1, -0.05) is 12.1 Å². The van der Waals surface area contributed by atoms with Crippen LogP contribution in [0.25, 0.3) is 0 Å². The van der Waals surface area contributed by atoms with Crippen LogP contribution in [0.2, 0.25) is 0 Å². The van der Waals surface area contributed by atoms with Gasteiger partial charge in [0, 0.05) is 4.47 Å². The zero-order valence-electron chi connectivity index (χ0n) is 9.33. The maximum absolute atomic E-state index is 12.0. The first-order valence-electron chi connectivity index (χ1n) is 5.00. The number of carboxylic acid groups (broad SMARTS) is 1. The fourth-order valence-corrected chi connectivity index (χ4v) is 2.85. The van der Waals surface area contributed by atoms with Gasteiger partial charge in [-0.15, -0.1) is 0 Å². The smallest absolute Gasteiger partial charge is 0.371 e. The number of hydrogen-bond acceptors (Lipinski definition) is 4. The SMILES string of the molecule is O=C(O)c1ccc(S(=O)(=O)Nc2ccccc2Br)o1. The number of carbonyl (C=O) groups is 1. The molecular weight excluding hydrogens is 338 g/mol. The van der Waals surface area contributed by atoms with E-state index in [1.165, 1.54) is 0 Å². The minimum Gasteiger partial charge on any atom is -0.475 e. The van der Waals surface area contributed by atoms with Gasteiger partial charge in [0.15, 0.2) is 0 Å². The van der Waals surface area contributed by atoms with E-state index in [0.29, 0.717) is 10.2 Å². The zero-order valence-corrected chi connectivity index (χ0v) is 11.7. The summed E-state index contributed by atoms with van der Waals surface area (Å²) in [6.45, 7) is 0. The second kappa shape index (κ2) is 5.06. The number of carboxylic acids is 1. The molecule has 0 saturated carbocycles. The number of rotatable bonds is 4. The van der Waals surface area contributed by atoms with Crippen molar-refractivity contribution in [2.24, 2.45) is 0 Å². The van der Waals surface area contributed by atoms with Crippen molar-refractivity contribution in [1.29, 1.82) is 0 Å². The van der Waals surface area contributed by atoms with Crippen LogP contribution in [0.3, 0.4) is 0 Å². The molecule has 1 heterocycles. The van der Waals surface area contributed by atoms with Crippen molar-refractivity contribution in [3.63, 3.8) is 0 Å². The Kier molecular flexibility index (Phi) is 3.63. The molecule has 0 fully saturated rings. The van der Waals surface area contributed by atoms with Gasteiger partial charge in [-0.25, -0.2) is 4.79 Å². The Morgan fingerprint density at radius 1 is 1.21 bits per heavy atom. The summed E-state index contributed by atoms with van der Waals surface area (Å²) in [6, 6.07) is 8.79. The van der Waals surface area contributed by atoms with E-state index < -0.39 is 26.8 Å². The lowest BCUT2D eigenvalue weighted by atomic mass is 10.3. The van der Waals surface area contributed by atoms with Crippen LogP contribution in [-0.2, 0) is 10.0 Å². The van der Waals surface area contributed by atoms with Gasteiger partial charge >= 0.3 is 5.97 Å². The van der Waals surface area contributed by atoms with Crippen molar-refractivity contribution in [2.75, 3.05) is 4.72 Å². The molecule has 100 valence electrons. The fraction of sp³-hybridized carbons (Fsp3) is 0. The fourth-order valence-electron chi connectivity index (χ4n) is 1.32. The maximum atomic E-state index is 12.0. The molecule has 8 heteroatoms. The Morgan fingerprint density at radius 3 is 2.47 bits per heavy atom. The van der Waals surface area contributed by atoms with Crippen LogP contribution >= 0.6 is 15.9 Å². The normalized spacial score (nSPS) is 11.2. The van der Waals surface area contributed by atoms with E-state index in [1.54, 1.807) is 24.3 Å².